The van der Waals surface area contributed by atoms with Gasteiger partial charge in [-0.1, -0.05) is 48.9 Å². The fraction of sp³-hybridized carbons (Fsp3) is 0.167. The van der Waals surface area contributed by atoms with Gasteiger partial charge in [-0.25, -0.2) is 0 Å². The lowest BCUT2D eigenvalue weighted by molar-refractivity contribution is 1.75. The molecule has 14 heavy (non-hydrogen) atoms. The Labute approximate surface area is 87.4 Å². The van der Waals surface area contributed by atoms with Crippen LogP contribution >= 0.6 is 0 Å². The first-order valence-electron chi connectivity index (χ1n) is 5.11. The third kappa shape index (κ3) is 2.07. The van der Waals surface area contributed by atoms with E-state index in [2.05, 4.69) is 66.8 Å². The van der Waals surface area contributed by atoms with Gasteiger partial charge in [0.25, 0.3) is 0 Å². The second-order valence-corrected chi connectivity index (χ2v) is 8.79. The summed E-state index contributed by atoms with van der Waals surface area (Å²) in [5, 5.41) is 0. The van der Waals surface area contributed by atoms with Crippen molar-refractivity contribution in [2.24, 2.45) is 0 Å². The van der Waals surface area contributed by atoms with Gasteiger partial charge in [0.15, 0.2) is 0 Å². The molecule has 0 amide bonds. The van der Waals surface area contributed by atoms with E-state index < -0.39 is 8.07 Å². The highest BCUT2D eigenvalue weighted by Gasteiger charge is 2.20. The van der Waals surface area contributed by atoms with Crippen molar-refractivity contribution in [1.82, 2.24) is 0 Å². The molecule has 0 aromatic heterocycles. The molecule has 0 nitrogen and oxygen atoms in total. The summed E-state index contributed by atoms with van der Waals surface area (Å²) in [4.78, 5) is 0. The zero-order valence-electron chi connectivity index (χ0n) is 8.77. The number of hydrogen-bond acceptors (Lipinski definition) is 0. The predicted octanol–water partition coefficient (Wildman–Crippen LogP) is 2.38. The molecule has 0 spiro atoms. The molecule has 70 valence electrons. The van der Waals surface area contributed by atoms with Crippen LogP contribution in [0.2, 0.25) is 13.1 Å². The molecule has 0 aliphatic carbocycles. The quantitative estimate of drug-likeness (QED) is 0.608. The molecule has 0 N–H and O–H groups in total. The number of hydrogen-bond donors (Lipinski definition) is 0. The molecule has 0 saturated carbocycles. The van der Waals surface area contributed by atoms with Gasteiger partial charge >= 0.3 is 0 Å². The van der Waals surface area contributed by atoms with E-state index in [0.717, 1.165) is 0 Å². The van der Waals surface area contributed by atoms with Crippen LogP contribution in [0.5, 0.6) is 0 Å². The highest BCUT2D eigenvalue weighted by atomic mass is 28.3. The highest BCUT2D eigenvalue weighted by molar-refractivity contribution is 6.94. The molecular formula is C12H15BSi. The summed E-state index contributed by atoms with van der Waals surface area (Å²) in [5.41, 5.74) is 6.24. The molecule has 1 aliphatic rings. The third-order valence-corrected chi connectivity index (χ3v) is 4.75. The van der Waals surface area contributed by atoms with Gasteiger partial charge in [-0.2, -0.15) is 0 Å². The second-order valence-electron chi connectivity index (χ2n) is 4.48. The molecule has 2 heteroatoms. The van der Waals surface area contributed by atoms with Gasteiger partial charge in [0.05, 0.1) is 8.07 Å². The molecule has 1 aromatic rings. The zero-order chi connectivity index (χ0) is 10.0. The van der Waals surface area contributed by atoms with Crippen LogP contribution in [0, 0.1) is 0 Å². The van der Waals surface area contributed by atoms with Crippen LogP contribution in [0.3, 0.4) is 0 Å². The maximum Gasteiger partial charge on any atom is 0.224 e. The lowest BCUT2D eigenvalue weighted by Gasteiger charge is -2.18. The van der Waals surface area contributed by atoms with Crippen molar-refractivity contribution >= 4 is 20.2 Å². The normalized spacial score (nSPS) is 18.6. The Kier molecular flexibility index (Phi) is 2.46. The van der Waals surface area contributed by atoms with Gasteiger partial charge < -0.3 is 0 Å². The Balaban J connectivity index is 2.22. The van der Waals surface area contributed by atoms with Gasteiger partial charge in [0, 0.05) is 0 Å². The van der Waals surface area contributed by atoms with Gasteiger partial charge in [0.1, 0.15) is 0 Å². The van der Waals surface area contributed by atoms with Crippen LogP contribution < -0.4 is 5.46 Å². The van der Waals surface area contributed by atoms with Crippen LogP contribution in [0.15, 0.2) is 53.7 Å². The maximum atomic E-state index is 2.42. The standard InChI is InChI=1S/C12H15BSi/c1-14(2)10-8-13(9-11-14)12-6-4-3-5-7-12/h3-11H,1-2H3. The molecule has 0 unspecified atom stereocenters. The van der Waals surface area contributed by atoms with Crippen molar-refractivity contribution < 1.29 is 0 Å². The Morgan fingerprint density at radius 1 is 0.929 bits per heavy atom. The summed E-state index contributed by atoms with van der Waals surface area (Å²) in [6.45, 7) is 5.22. The average Bonchev–Trinajstić information content (AvgIpc) is 2.19. The van der Waals surface area contributed by atoms with Crippen LogP contribution in [-0.4, -0.2) is 14.8 Å². The first-order chi connectivity index (χ1) is 6.67. The monoisotopic (exact) mass is 198 g/mol. The minimum atomic E-state index is -1.13. The first kappa shape index (κ1) is 9.53. The average molecular weight is 198 g/mol. The van der Waals surface area contributed by atoms with E-state index >= 15 is 0 Å². The summed E-state index contributed by atoms with van der Waals surface area (Å²) >= 11 is 0. The van der Waals surface area contributed by atoms with Gasteiger partial charge in [-0.15, -0.1) is 23.3 Å². The van der Waals surface area contributed by atoms with Crippen LogP contribution in [0.1, 0.15) is 0 Å². The van der Waals surface area contributed by atoms with Gasteiger partial charge in [-0.3, -0.25) is 0 Å². The molecular weight excluding hydrogens is 183 g/mol. The molecule has 1 heterocycles. The summed E-state index contributed by atoms with van der Waals surface area (Å²) < 4.78 is 0. The first-order valence-corrected chi connectivity index (χ1v) is 8.26. The minimum absolute atomic E-state index is 0.497. The fourth-order valence-corrected chi connectivity index (χ4v) is 3.24. The minimum Gasteiger partial charge on any atom is -0.113 e. The second kappa shape index (κ2) is 3.62. The Morgan fingerprint density at radius 3 is 2.07 bits per heavy atom. The molecule has 0 fully saturated rings. The van der Waals surface area contributed by atoms with Crippen molar-refractivity contribution in [3.8, 4) is 0 Å². The van der Waals surface area contributed by atoms with E-state index in [9.17, 15) is 0 Å². The molecule has 0 radical (unpaired) electrons. The van der Waals surface area contributed by atoms with Crippen molar-refractivity contribution in [1.29, 1.82) is 0 Å². The van der Waals surface area contributed by atoms with Crippen molar-refractivity contribution in [2.45, 2.75) is 13.1 Å². The van der Waals surface area contributed by atoms with Crippen LogP contribution in [0.4, 0.5) is 0 Å². The topological polar surface area (TPSA) is 0 Å². The Morgan fingerprint density at radius 2 is 1.50 bits per heavy atom. The summed E-state index contributed by atoms with van der Waals surface area (Å²) in [5.74, 6) is 4.70. The maximum absolute atomic E-state index is 2.42. The van der Waals surface area contributed by atoms with Crippen LogP contribution in [0.25, 0.3) is 0 Å². The van der Waals surface area contributed by atoms with Crippen molar-refractivity contribution in [2.75, 3.05) is 0 Å². The summed E-state index contributed by atoms with van der Waals surface area (Å²) in [7, 11) is -1.13. The Hall–Kier alpha value is -1.02. The Bertz CT molecular complexity index is 349. The van der Waals surface area contributed by atoms with E-state index in [0.29, 0.717) is 6.71 Å². The van der Waals surface area contributed by atoms with Crippen molar-refractivity contribution in [3.63, 3.8) is 0 Å². The lowest BCUT2D eigenvalue weighted by atomic mass is 9.45. The van der Waals surface area contributed by atoms with E-state index in [4.69, 9.17) is 0 Å². The summed E-state index contributed by atoms with van der Waals surface area (Å²) in [6.07, 6.45) is 0. The van der Waals surface area contributed by atoms with E-state index in [1.54, 1.807) is 0 Å². The van der Waals surface area contributed by atoms with E-state index in [1.165, 1.54) is 5.46 Å². The third-order valence-electron chi connectivity index (χ3n) is 2.65. The largest absolute Gasteiger partial charge is 0.224 e. The van der Waals surface area contributed by atoms with Gasteiger partial charge in [-0.05, 0) is 0 Å². The molecule has 0 bridgehead atoms. The SMILES string of the molecule is C[Si]1(C)C=CB(c2ccccc2)C=C1. The molecule has 2 rings (SSSR count). The molecule has 1 aliphatic heterocycles. The number of benzene rings is 1. The zero-order valence-corrected chi connectivity index (χ0v) is 9.77. The molecule has 0 atom stereocenters. The van der Waals surface area contributed by atoms with Crippen molar-refractivity contribution in [3.05, 3.63) is 53.7 Å². The number of rotatable bonds is 1. The van der Waals surface area contributed by atoms with E-state index in [-0.39, 0.29) is 0 Å². The molecule has 1 aromatic carbocycles. The predicted molar refractivity (Wildman–Crippen MR) is 67.6 cm³/mol. The summed E-state index contributed by atoms with van der Waals surface area (Å²) in [6, 6.07) is 10.7. The van der Waals surface area contributed by atoms with Crippen LogP contribution in [-0.2, 0) is 0 Å². The lowest BCUT2D eigenvalue weighted by Crippen LogP contribution is -2.33. The van der Waals surface area contributed by atoms with Gasteiger partial charge in [0.2, 0.25) is 6.71 Å². The molecule has 0 saturated heterocycles. The highest BCUT2D eigenvalue weighted by Crippen LogP contribution is 2.11. The fourth-order valence-electron chi connectivity index (χ4n) is 1.72. The van der Waals surface area contributed by atoms with E-state index in [1.807, 2.05) is 0 Å². The smallest absolute Gasteiger partial charge is 0.113 e.